The summed E-state index contributed by atoms with van der Waals surface area (Å²) in [5, 5.41) is 14.8. The highest BCUT2D eigenvalue weighted by Crippen LogP contribution is 2.14. The molecule has 0 bridgehead atoms. The molecule has 0 fully saturated rings. The predicted octanol–water partition coefficient (Wildman–Crippen LogP) is 1.42. The zero-order chi connectivity index (χ0) is 15.2. The number of furan rings is 1. The molecule has 1 unspecified atom stereocenters. The zero-order valence-electron chi connectivity index (χ0n) is 11.5. The smallest absolute Gasteiger partial charge is 0.287 e. The molecule has 0 radical (unpaired) electrons. The number of hydrogen-bond donors (Lipinski definition) is 3. The Morgan fingerprint density at radius 1 is 1.24 bits per heavy atom. The molecule has 21 heavy (non-hydrogen) atoms. The van der Waals surface area contributed by atoms with E-state index in [4.69, 9.17) is 4.42 Å². The molecular weight excluding hydrogens is 272 g/mol. The van der Waals surface area contributed by atoms with Crippen molar-refractivity contribution in [3.63, 3.8) is 0 Å². The van der Waals surface area contributed by atoms with Crippen molar-refractivity contribution >= 4 is 11.8 Å². The number of phenolic OH excluding ortho intramolecular Hbond substituents is 1. The van der Waals surface area contributed by atoms with Crippen molar-refractivity contribution in [3.8, 4) is 5.75 Å². The van der Waals surface area contributed by atoms with Crippen LogP contribution in [-0.2, 0) is 11.3 Å². The molecule has 1 atom stereocenters. The predicted molar refractivity (Wildman–Crippen MR) is 75.6 cm³/mol. The van der Waals surface area contributed by atoms with E-state index >= 15 is 0 Å². The lowest BCUT2D eigenvalue weighted by molar-refractivity contribution is -0.122. The minimum absolute atomic E-state index is 0.116. The Morgan fingerprint density at radius 2 is 2.00 bits per heavy atom. The lowest BCUT2D eigenvalue weighted by atomic mass is 10.2. The largest absolute Gasteiger partial charge is 0.508 e. The van der Waals surface area contributed by atoms with E-state index in [1.807, 2.05) is 0 Å². The molecule has 0 aliphatic heterocycles. The summed E-state index contributed by atoms with van der Waals surface area (Å²) in [5.74, 6) is -0.538. The van der Waals surface area contributed by atoms with E-state index in [-0.39, 0.29) is 24.0 Å². The van der Waals surface area contributed by atoms with Gasteiger partial charge in [-0.25, -0.2) is 0 Å². The number of amides is 2. The highest BCUT2D eigenvalue weighted by atomic mass is 16.3. The van der Waals surface area contributed by atoms with E-state index in [1.165, 1.54) is 12.3 Å². The van der Waals surface area contributed by atoms with Crippen LogP contribution in [0.4, 0.5) is 0 Å². The van der Waals surface area contributed by atoms with Crippen LogP contribution in [0, 0.1) is 0 Å². The van der Waals surface area contributed by atoms with Crippen LogP contribution in [0.1, 0.15) is 23.0 Å². The number of carbonyl (C=O) groups excluding carboxylic acids is 2. The van der Waals surface area contributed by atoms with Gasteiger partial charge in [-0.05, 0) is 25.1 Å². The molecule has 1 heterocycles. The Labute approximate surface area is 121 Å². The van der Waals surface area contributed by atoms with Gasteiger partial charge in [0.2, 0.25) is 5.91 Å². The third-order valence-corrected chi connectivity index (χ3v) is 2.93. The fraction of sp³-hybridized carbons (Fsp3) is 0.200. The van der Waals surface area contributed by atoms with Crippen molar-refractivity contribution in [2.24, 2.45) is 0 Å². The Kier molecular flexibility index (Phi) is 4.61. The number of nitrogens with one attached hydrogen (secondary N) is 2. The van der Waals surface area contributed by atoms with Gasteiger partial charge in [-0.3, -0.25) is 9.59 Å². The third kappa shape index (κ3) is 3.85. The molecule has 1 aromatic carbocycles. The lowest BCUT2D eigenvalue weighted by Crippen LogP contribution is -2.44. The van der Waals surface area contributed by atoms with Gasteiger partial charge in [0.25, 0.3) is 5.91 Å². The van der Waals surface area contributed by atoms with Gasteiger partial charge in [0, 0.05) is 12.1 Å². The molecule has 0 saturated heterocycles. The van der Waals surface area contributed by atoms with Gasteiger partial charge < -0.3 is 20.2 Å². The Morgan fingerprint density at radius 3 is 2.67 bits per heavy atom. The van der Waals surface area contributed by atoms with Gasteiger partial charge in [0.15, 0.2) is 5.76 Å². The Hall–Kier alpha value is -2.76. The van der Waals surface area contributed by atoms with E-state index in [0.29, 0.717) is 5.56 Å². The minimum Gasteiger partial charge on any atom is -0.508 e. The molecule has 0 aliphatic rings. The Balaban J connectivity index is 1.86. The maximum Gasteiger partial charge on any atom is 0.287 e. The standard InChI is InChI=1S/C15H16N2O4/c1-10(17-15(20)13-7-4-8-21-13)14(19)16-9-11-5-2-3-6-12(11)18/h2-8,10,18H,9H2,1H3,(H,16,19)(H,17,20). The van der Waals surface area contributed by atoms with E-state index in [2.05, 4.69) is 10.6 Å². The van der Waals surface area contributed by atoms with Gasteiger partial charge in [0.05, 0.1) is 6.26 Å². The van der Waals surface area contributed by atoms with Gasteiger partial charge in [-0.1, -0.05) is 18.2 Å². The van der Waals surface area contributed by atoms with Crippen LogP contribution in [0.2, 0.25) is 0 Å². The van der Waals surface area contributed by atoms with Crippen molar-refractivity contribution in [2.75, 3.05) is 0 Å². The monoisotopic (exact) mass is 288 g/mol. The fourth-order valence-electron chi connectivity index (χ4n) is 1.74. The van der Waals surface area contributed by atoms with Crippen LogP contribution in [0.3, 0.4) is 0 Å². The van der Waals surface area contributed by atoms with Crippen molar-refractivity contribution in [1.29, 1.82) is 0 Å². The van der Waals surface area contributed by atoms with Crippen LogP contribution < -0.4 is 10.6 Å². The summed E-state index contributed by atoms with van der Waals surface area (Å²) in [6.07, 6.45) is 1.39. The number of aromatic hydroxyl groups is 1. The molecule has 0 aliphatic carbocycles. The van der Waals surface area contributed by atoms with Gasteiger partial charge in [0.1, 0.15) is 11.8 Å². The molecule has 2 amide bonds. The lowest BCUT2D eigenvalue weighted by Gasteiger charge is -2.13. The molecule has 0 spiro atoms. The molecule has 1 aromatic heterocycles. The summed E-state index contributed by atoms with van der Waals surface area (Å²) >= 11 is 0. The van der Waals surface area contributed by atoms with Crippen LogP contribution in [0.15, 0.2) is 47.1 Å². The normalized spacial score (nSPS) is 11.7. The Bertz CT molecular complexity index is 622. The molecule has 6 nitrogen and oxygen atoms in total. The molecule has 6 heteroatoms. The van der Waals surface area contributed by atoms with Crippen molar-refractivity contribution in [2.45, 2.75) is 19.5 Å². The SMILES string of the molecule is CC(NC(=O)c1ccco1)C(=O)NCc1ccccc1O. The van der Waals surface area contributed by atoms with E-state index in [9.17, 15) is 14.7 Å². The number of para-hydroxylation sites is 1. The highest BCUT2D eigenvalue weighted by Gasteiger charge is 2.17. The van der Waals surface area contributed by atoms with E-state index in [0.717, 1.165) is 0 Å². The summed E-state index contributed by atoms with van der Waals surface area (Å²) in [4.78, 5) is 23.6. The number of benzene rings is 1. The summed E-state index contributed by atoms with van der Waals surface area (Å²) in [6, 6.07) is 9.12. The van der Waals surface area contributed by atoms with Crippen LogP contribution in [0.25, 0.3) is 0 Å². The molecule has 110 valence electrons. The van der Waals surface area contributed by atoms with E-state index < -0.39 is 11.9 Å². The van der Waals surface area contributed by atoms with E-state index in [1.54, 1.807) is 37.3 Å². The summed E-state index contributed by atoms with van der Waals surface area (Å²) in [7, 11) is 0. The van der Waals surface area contributed by atoms with Crippen molar-refractivity contribution < 1.29 is 19.1 Å². The molecule has 3 N–H and O–H groups in total. The second kappa shape index (κ2) is 6.60. The van der Waals surface area contributed by atoms with Crippen LogP contribution in [0.5, 0.6) is 5.75 Å². The summed E-state index contributed by atoms with van der Waals surface area (Å²) < 4.78 is 4.94. The van der Waals surface area contributed by atoms with Crippen LogP contribution >= 0.6 is 0 Å². The minimum atomic E-state index is -0.714. The van der Waals surface area contributed by atoms with Gasteiger partial charge in [-0.2, -0.15) is 0 Å². The number of carbonyl (C=O) groups is 2. The topological polar surface area (TPSA) is 91.6 Å². The highest BCUT2D eigenvalue weighted by molar-refractivity contribution is 5.95. The fourth-order valence-corrected chi connectivity index (χ4v) is 1.74. The number of hydrogen-bond acceptors (Lipinski definition) is 4. The zero-order valence-corrected chi connectivity index (χ0v) is 11.5. The van der Waals surface area contributed by atoms with Crippen molar-refractivity contribution in [3.05, 3.63) is 54.0 Å². The molecule has 2 rings (SSSR count). The maximum absolute atomic E-state index is 11.9. The number of phenols is 1. The molecule has 0 saturated carbocycles. The number of rotatable bonds is 5. The maximum atomic E-state index is 11.9. The second-order valence-electron chi connectivity index (χ2n) is 4.52. The van der Waals surface area contributed by atoms with Gasteiger partial charge >= 0.3 is 0 Å². The quantitative estimate of drug-likeness (QED) is 0.776. The first-order valence-electron chi connectivity index (χ1n) is 6.47. The molecular formula is C15H16N2O4. The first kappa shape index (κ1) is 14.6. The van der Waals surface area contributed by atoms with Crippen molar-refractivity contribution in [1.82, 2.24) is 10.6 Å². The molecule has 2 aromatic rings. The third-order valence-electron chi connectivity index (χ3n) is 2.93. The first-order valence-corrected chi connectivity index (χ1v) is 6.47. The average molecular weight is 288 g/mol. The van der Waals surface area contributed by atoms with Gasteiger partial charge in [-0.15, -0.1) is 0 Å². The first-order chi connectivity index (χ1) is 10.1. The summed E-state index contributed by atoms with van der Waals surface area (Å²) in [5.41, 5.74) is 0.607. The summed E-state index contributed by atoms with van der Waals surface area (Å²) in [6.45, 7) is 1.76. The van der Waals surface area contributed by atoms with Crippen LogP contribution in [-0.4, -0.2) is 23.0 Å². The average Bonchev–Trinajstić information content (AvgIpc) is 3.00. The second-order valence-corrected chi connectivity index (χ2v) is 4.52.